The molecule has 3 N–H and O–H groups in total. The minimum Gasteiger partial charge on any atom is -0.480 e. The Bertz CT molecular complexity index is 534. The van der Waals surface area contributed by atoms with E-state index in [1.807, 2.05) is 4.90 Å². The molecular weight excluding hydrogens is 284 g/mol. The highest BCUT2D eigenvalue weighted by atomic mass is 35.5. The fourth-order valence-electron chi connectivity index (χ4n) is 2.40. The molecular formula is C12H17ClN4O3. The van der Waals surface area contributed by atoms with E-state index in [0.717, 1.165) is 19.4 Å². The van der Waals surface area contributed by atoms with E-state index in [1.165, 1.54) is 6.33 Å². The number of aliphatic carboxylic acids is 1. The molecule has 0 spiro atoms. The van der Waals surface area contributed by atoms with Crippen LogP contribution >= 0.6 is 11.6 Å². The number of hydrogen-bond donors (Lipinski definition) is 3. The third-order valence-corrected chi connectivity index (χ3v) is 3.65. The molecule has 1 fully saturated rings. The zero-order chi connectivity index (χ0) is 14.5. The molecule has 1 atom stereocenters. The summed E-state index contributed by atoms with van der Waals surface area (Å²) in [6.45, 7) is 2.10. The van der Waals surface area contributed by atoms with Crippen molar-refractivity contribution in [3.63, 3.8) is 0 Å². The van der Waals surface area contributed by atoms with Gasteiger partial charge in [0.1, 0.15) is 5.02 Å². The highest BCUT2D eigenvalue weighted by Gasteiger charge is 2.23. The number of halogens is 1. The van der Waals surface area contributed by atoms with Crippen molar-refractivity contribution in [2.45, 2.75) is 12.8 Å². The number of nitrogens with zero attached hydrogens (tertiary/aromatic N) is 2. The molecule has 0 radical (unpaired) electrons. The molecule has 8 heteroatoms. The first kappa shape index (κ1) is 14.8. The molecule has 1 aliphatic heterocycles. The van der Waals surface area contributed by atoms with Gasteiger partial charge in [0.05, 0.1) is 12.9 Å². The zero-order valence-electron chi connectivity index (χ0n) is 10.9. The van der Waals surface area contributed by atoms with E-state index < -0.39 is 5.97 Å². The van der Waals surface area contributed by atoms with Gasteiger partial charge in [-0.15, -0.1) is 0 Å². The number of anilines is 1. The summed E-state index contributed by atoms with van der Waals surface area (Å²) in [5, 5.41) is 11.6. The Morgan fingerprint density at radius 1 is 1.65 bits per heavy atom. The molecule has 2 rings (SSSR count). The van der Waals surface area contributed by atoms with Crippen LogP contribution in [0.2, 0.25) is 5.02 Å². The minimum absolute atomic E-state index is 0.0412. The maximum absolute atomic E-state index is 11.5. The fraction of sp³-hybridized carbons (Fsp3) is 0.583. The van der Waals surface area contributed by atoms with Gasteiger partial charge in [-0.1, -0.05) is 11.6 Å². The van der Waals surface area contributed by atoms with E-state index in [-0.39, 0.29) is 17.1 Å². The van der Waals surface area contributed by atoms with Gasteiger partial charge < -0.3 is 20.3 Å². The Kier molecular flexibility index (Phi) is 4.97. The van der Waals surface area contributed by atoms with Gasteiger partial charge in [-0.2, -0.15) is 0 Å². The van der Waals surface area contributed by atoms with E-state index in [0.29, 0.717) is 24.8 Å². The summed E-state index contributed by atoms with van der Waals surface area (Å²) in [7, 11) is 0. The van der Waals surface area contributed by atoms with Crippen LogP contribution in [0.4, 0.5) is 5.82 Å². The Labute approximate surface area is 121 Å². The summed E-state index contributed by atoms with van der Waals surface area (Å²) in [4.78, 5) is 30.5. The van der Waals surface area contributed by atoms with Crippen LogP contribution in [0.15, 0.2) is 11.1 Å². The topological polar surface area (TPSA) is 98.3 Å². The molecule has 1 aliphatic rings. The lowest BCUT2D eigenvalue weighted by Gasteiger charge is -2.33. The molecule has 0 amide bonds. The fourth-order valence-corrected chi connectivity index (χ4v) is 2.62. The predicted molar refractivity (Wildman–Crippen MR) is 75.3 cm³/mol. The molecule has 1 aromatic heterocycles. The van der Waals surface area contributed by atoms with E-state index in [2.05, 4.69) is 15.3 Å². The Morgan fingerprint density at radius 2 is 2.45 bits per heavy atom. The van der Waals surface area contributed by atoms with Crippen molar-refractivity contribution in [3.8, 4) is 0 Å². The number of aromatic amines is 1. The van der Waals surface area contributed by atoms with Crippen LogP contribution in [-0.4, -0.2) is 47.2 Å². The Balaban J connectivity index is 1.98. The van der Waals surface area contributed by atoms with Crippen LogP contribution in [0.1, 0.15) is 12.8 Å². The molecule has 0 aromatic carbocycles. The van der Waals surface area contributed by atoms with Gasteiger partial charge in [0.2, 0.25) is 0 Å². The van der Waals surface area contributed by atoms with Gasteiger partial charge in [0, 0.05) is 19.6 Å². The van der Waals surface area contributed by atoms with E-state index >= 15 is 0 Å². The van der Waals surface area contributed by atoms with Crippen molar-refractivity contribution >= 4 is 23.4 Å². The first-order chi connectivity index (χ1) is 9.58. The number of piperidine rings is 1. The summed E-state index contributed by atoms with van der Waals surface area (Å²) in [6.07, 6.45) is 3.32. The second-order valence-electron chi connectivity index (χ2n) is 4.85. The maximum atomic E-state index is 11.5. The number of rotatable bonds is 5. The molecule has 110 valence electrons. The molecule has 1 saturated heterocycles. The smallest absolute Gasteiger partial charge is 0.317 e. The normalized spacial score (nSPS) is 19.1. The summed E-state index contributed by atoms with van der Waals surface area (Å²) >= 11 is 5.98. The van der Waals surface area contributed by atoms with E-state index in [1.54, 1.807) is 0 Å². The number of nitrogens with one attached hydrogen (secondary N) is 2. The predicted octanol–water partition coefficient (Wildman–Crippen LogP) is 0.314. The summed E-state index contributed by atoms with van der Waals surface area (Å²) in [5.41, 5.74) is -0.345. The summed E-state index contributed by atoms with van der Waals surface area (Å²) < 4.78 is 0. The first-order valence-electron chi connectivity index (χ1n) is 6.48. The highest BCUT2D eigenvalue weighted by Crippen LogP contribution is 2.24. The number of hydrogen-bond acceptors (Lipinski definition) is 5. The van der Waals surface area contributed by atoms with Gasteiger partial charge >= 0.3 is 5.97 Å². The van der Waals surface area contributed by atoms with Gasteiger partial charge in [-0.25, -0.2) is 4.98 Å². The monoisotopic (exact) mass is 300 g/mol. The van der Waals surface area contributed by atoms with Crippen molar-refractivity contribution in [2.24, 2.45) is 5.92 Å². The average Bonchev–Trinajstić information content (AvgIpc) is 2.42. The second-order valence-corrected chi connectivity index (χ2v) is 5.23. The van der Waals surface area contributed by atoms with Crippen LogP contribution < -0.4 is 15.8 Å². The van der Waals surface area contributed by atoms with Crippen molar-refractivity contribution < 1.29 is 9.90 Å². The molecule has 2 heterocycles. The number of carboxylic acid groups (broad SMARTS) is 1. The number of aromatic nitrogens is 2. The van der Waals surface area contributed by atoms with Crippen molar-refractivity contribution in [1.82, 2.24) is 15.3 Å². The lowest BCUT2D eigenvalue weighted by Crippen LogP contribution is -2.41. The number of carbonyl (C=O) groups is 1. The van der Waals surface area contributed by atoms with Crippen molar-refractivity contribution in [2.75, 3.05) is 31.1 Å². The molecule has 1 aromatic rings. The number of carboxylic acids is 1. The summed E-state index contributed by atoms with van der Waals surface area (Å²) in [6, 6.07) is 0. The lowest BCUT2D eigenvalue weighted by molar-refractivity contribution is -0.136. The van der Waals surface area contributed by atoms with Crippen LogP contribution in [0, 0.1) is 5.92 Å². The van der Waals surface area contributed by atoms with Crippen LogP contribution in [0.3, 0.4) is 0 Å². The van der Waals surface area contributed by atoms with Gasteiger partial charge in [0.15, 0.2) is 5.82 Å². The van der Waals surface area contributed by atoms with Crippen LogP contribution in [0.5, 0.6) is 0 Å². The minimum atomic E-state index is -0.864. The largest absolute Gasteiger partial charge is 0.480 e. The van der Waals surface area contributed by atoms with Gasteiger partial charge in [-0.05, 0) is 18.8 Å². The zero-order valence-corrected chi connectivity index (χ0v) is 11.7. The lowest BCUT2D eigenvalue weighted by atomic mass is 9.98. The maximum Gasteiger partial charge on any atom is 0.317 e. The van der Waals surface area contributed by atoms with E-state index in [9.17, 15) is 9.59 Å². The molecule has 1 unspecified atom stereocenters. The Hall–Kier alpha value is -1.60. The first-order valence-corrected chi connectivity index (χ1v) is 6.86. The standard InChI is InChI=1S/C12H17ClN4O3/c13-10-11(15-7-16-12(10)20)17-3-1-2-8(6-17)4-14-5-9(18)19/h7-8,14H,1-6H2,(H,18,19)(H,15,16,20). The average molecular weight is 301 g/mol. The molecule has 0 aliphatic carbocycles. The third-order valence-electron chi connectivity index (χ3n) is 3.31. The highest BCUT2D eigenvalue weighted by molar-refractivity contribution is 6.32. The number of H-pyrrole nitrogens is 1. The molecule has 0 bridgehead atoms. The van der Waals surface area contributed by atoms with E-state index in [4.69, 9.17) is 16.7 Å². The molecule has 7 nitrogen and oxygen atoms in total. The third kappa shape index (κ3) is 3.71. The SMILES string of the molecule is O=C(O)CNCC1CCCN(c2nc[nH]c(=O)c2Cl)C1. The van der Waals surface area contributed by atoms with Gasteiger partial charge in [-0.3, -0.25) is 9.59 Å². The van der Waals surface area contributed by atoms with Crippen LogP contribution in [0.25, 0.3) is 0 Å². The summed E-state index contributed by atoms with van der Waals surface area (Å²) in [5.74, 6) is -0.0458. The van der Waals surface area contributed by atoms with Crippen molar-refractivity contribution in [3.05, 3.63) is 21.7 Å². The molecule has 0 saturated carbocycles. The van der Waals surface area contributed by atoms with Gasteiger partial charge in [0.25, 0.3) is 5.56 Å². The van der Waals surface area contributed by atoms with Crippen molar-refractivity contribution in [1.29, 1.82) is 0 Å². The Morgan fingerprint density at radius 3 is 3.20 bits per heavy atom. The quantitative estimate of drug-likeness (QED) is 0.724. The molecule has 20 heavy (non-hydrogen) atoms. The van der Waals surface area contributed by atoms with Crippen LogP contribution in [-0.2, 0) is 4.79 Å². The second kappa shape index (κ2) is 6.71.